The number of aromatic nitrogens is 4. The lowest BCUT2D eigenvalue weighted by molar-refractivity contribution is 0.641. The maximum absolute atomic E-state index is 5.93. The molecule has 21 heavy (non-hydrogen) atoms. The van der Waals surface area contributed by atoms with E-state index in [0.717, 1.165) is 34.6 Å². The molecule has 6 heteroatoms. The molecule has 0 spiro atoms. The number of aromatic amines is 1. The van der Waals surface area contributed by atoms with Gasteiger partial charge in [0, 0.05) is 18.4 Å². The van der Waals surface area contributed by atoms with E-state index in [4.69, 9.17) is 5.73 Å². The van der Waals surface area contributed by atoms with E-state index in [1.807, 2.05) is 36.7 Å². The minimum Gasteiger partial charge on any atom is -0.333 e. The van der Waals surface area contributed by atoms with Crippen molar-refractivity contribution in [3.8, 4) is 0 Å². The average Bonchev–Trinajstić information content (AvgIpc) is 2.91. The first-order valence-electron chi connectivity index (χ1n) is 6.93. The van der Waals surface area contributed by atoms with Gasteiger partial charge in [-0.1, -0.05) is 19.1 Å². The monoisotopic (exact) mass is 299 g/mol. The number of rotatable bonds is 5. The van der Waals surface area contributed by atoms with E-state index < -0.39 is 0 Å². The Morgan fingerprint density at radius 3 is 2.71 bits per heavy atom. The fourth-order valence-electron chi connectivity index (χ4n) is 2.01. The third-order valence-corrected chi connectivity index (χ3v) is 4.04. The van der Waals surface area contributed by atoms with Crippen LogP contribution < -0.4 is 5.73 Å². The summed E-state index contributed by atoms with van der Waals surface area (Å²) in [6.07, 6.45) is 5.45. The molecular formula is C15H17N5S. The van der Waals surface area contributed by atoms with Crippen molar-refractivity contribution >= 4 is 22.8 Å². The van der Waals surface area contributed by atoms with Crippen molar-refractivity contribution in [2.45, 2.75) is 36.1 Å². The molecule has 0 saturated carbocycles. The molecule has 0 aliphatic rings. The van der Waals surface area contributed by atoms with Crippen LogP contribution in [0.4, 0.5) is 0 Å². The van der Waals surface area contributed by atoms with E-state index in [1.54, 1.807) is 0 Å². The minimum atomic E-state index is 0.169. The van der Waals surface area contributed by atoms with Gasteiger partial charge in [0.2, 0.25) is 0 Å². The molecule has 0 aliphatic heterocycles. The quantitative estimate of drug-likeness (QED) is 0.708. The highest BCUT2D eigenvalue weighted by Gasteiger charge is 2.07. The van der Waals surface area contributed by atoms with Gasteiger partial charge in [-0.25, -0.2) is 15.0 Å². The molecule has 2 heterocycles. The highest BCUT2D eigenvalue weighted by Crippen LogP contribution is 2.24. The van der Waals surface area contributed by atoms with E-state index in [-0.39, 0.29) is 6.04 Å². The molecule has 0 aliphatic carbocycles. The Kier molecular flexibility index (Phi) is 4.17. The van der Waals surface area contributed by atoms with Crippen LogP contribution in [-0.4, -0.2) is 26.0 Å². The van der Waals surface area contributed by atoms with Gasteiger partial charge < -0.3 is 10.7 Å². The smallest absolute Gasteiger partial charge is 0.195 e. The van der Waals surface area contributed by atoms with Gasteiger partial charge in [0.15, 0.2) is 10.3 Å². The van der Waals surface area contributed by atoms with Crippen LogP contribution in [0.15, 0.2) is 47.0 Å². The Hall–Kier alpha value is -1.92. The normalized spacial score (nSPS) is 12.7. The number of hydrogen-bond donors (Lipinski definition) is 2. The van der Waals surface area contributed by atoms with Crippen molar-refractivity contribution < 1.29 is 0 Å². The average molecular weight is 299 g/mol. The number of fused-ring (bicyclic) bond motifs is 1. The molecule has 3 rings (SSSR count). The van der Waals surface area contributed by atoms with Crippen molar-refractivity contribution in [3.05, 3.63) is 42.2 Å². The Morgan fingerprint density at radius 2 is 2.00 bits per heavy atom. The largest absolute Gasteiger partial charge is 0.333 e. The summed E-state index contributed by atoms with van der Waals surface area (Å²) in [5.41, 5.74) is 8.97. The summed E-state index contributed by atoms with van der Waals surface area (Å²) in [6, 6.07) is 8.11. The SMILES string of the molecule is CCC(N)Cc1cnc(Sc2nc3ccccc3[nH]2)nc1. The highest BCUT2D eigenvalue weighted by molar-refractivity contribution is 7.99. The van der Waals surface area contributed by atoms with Crippen molar-refractivity contribution in [2.75, 3.05) is 0 Å². The first-order chi connectivity index (χ1) is 10.2. The van der Waals surface area contributed by atoms with Crippen molar-refractivity contribution in [3.63, 3.8) is 0 Å². The number of benzene rings is 1. The Bertz CT molecular complexity index is 689. The molecule has 3 aromatic rings. The van der Waals surface area contributed by atoms with E-state index in [0.29, 0.717) is 5.16 Å². The van der Waals surface area contributed by atoms with Gasteiger partial charge in [0.1, 0.15) is 0 Å². The third kappa shape index (κ3) is 3.40. The zero-order chi connectivity index (χ0) is 14.7. The van der Waals surface area contributed by atoms with Gasteiger partial charge >= 0.3 is 0 Å². The third-order valence-electron chi connectivity index (χ3n) is 3.26. The Balaban J connectivity index is 1.72. The maximum atomic E-state index is 5.93. The number of para-hydroxylation sites is 2. The molecule has 0 bridgehead atoms. The Morgan fingerprint density at radius 1 is 1.24 bits per heavy atom. The summed E-state index contributed by atoms with van der Waals surface area (Å²) in [4.78, 5) is 16.5. The molecule has 5 nitrogen and oxygen atoms in total. The lowest BCUT2D eigenvalue weighted by Gasteiger charge is -2.07. The summed E-state index contributed by atoms with van der Waals surface area (Å²) in [6.45, 7) is 2.08. The molecule has 0 saturated heterocycles. The Labute approximate surface area is 127 Å². The molecule has 108 valence electrons. The second-order valence-corrected chi connectivity index (χ2v) is 5.86. The fourth-order valence-corrected chi connectivity index (χ4v) is 2.70. The number of nitrogens with one attached hydrogen (secondary N) is 1. The van der Waals surface area contributed by atoms with Gasteiger partial charge in [0.25, 0.3) is 0 Å². The molecule has 1 aromatic carbocycles. The van der Waals surface area contributed by atoms with Crippen LogP contribution in [0.5, 0.6) is 0 Å². The number of imidazole rings is 1. The van der Waals surface area contributed by atoms with E-state index in [2.05, 4.69) is 26.9 Å². The lowest BCUT2D eigenvalue weighted by atomic mass is 10.1. The van der Waals surface area contributed by atoms with Gasteiger partial charge in [0.05, 0.1) is 11.0 Å². The number of H-pyrrole nitrogens is 1. The second kappa shape index (κ2) is 6.24. The van der Waals surface area contributed by atoms with E-state index >= 15 is 0 Å². The van der Waals surface area contributed by atoms with Crippen molar-refractivity contribution in [1.29, 1.82) is 0 Å². The zero-order valence-electron chi connectivity index (χ0n) is 11.8. The van der Waals surface area contributed by atoms with Gasteiger partial charge in [-0.05, 0) is 42.3 Å². The first-order valence-corrected chi connectivity index (χ1v) is 7.75. The number of hydrogen-bond acceptors (Lipinski definition) is 5. The predicted octanol–water partition coefficient (Wildman–Crippen LogP) is 2.78. The number of nitrogens with two attached hydrogens (primary N) is 1. The number of nitrogens with zero attached hydrogens (tertiary/aromatic N) is 3. The second-order valence-electron chi connectivity index (χ2n) is 4.91. The summed E-state index contributed by atoms with van der Waals surface area (Å²) < 4.78 is 0. The predicted molar refractivity (Wildman–Crippen MR) is 84.2 cm³/mol. The summed E-state index contributed by atoms with van der Waals surface area (Å²) in [5.74, 6) is 0. The van der Waals surface area contributed by atoms with Crippen LogP contribution in [0.2, 0.25) is 0 Å². The molecule has 0 amide bonds. The molecular weight excluding hydrogens is 282 g/mol. The molecule has 2 aromatic heterocycles. The molecule has 1 atom stereocenters. The van der Waals surface area contributed by atoms with Gasteiger partial charge in [-0.2, -0.15) is 0 Å². The van der Waals surface area contributed by atoms with Crippen LogP contribution in [0.1, 0.15) is 18.9 Å². The van der Waals surface area contributed by atoms with E-state index in [9.17, 15) is 0 Å². The van der Waals surface area contributed by atoms with Gasteiger partial charge in [-0.15, -0.1) is 0 Å². The standard InChI is InChI=1S/C15H17N5S/c1-2-11(16)7-10-8-17-14(18-9-10)21-15-19-12-5-3-4-6-13(12)20-15/h3-6,8-9,11H,2,7,16H2,1H3,(H,19,20). The molecule has 0 radical (unpaired) electrons. The summed E-state index contributed by atoms with van der Waals surface area (Å²) >= 11 is 1.43. The van der Waals surface area contributed by atoms with Crippen molar-refractivity contribution in [1.82, 2.24) is 19.9 Å². The first kappa shape index (κ1) is 14.0. The molecule has 1 unspecified atom stereocenters. The lowest BCUT2D eigenvalue weighted by Crippen LogP contribution is -2.21. The van der Waals surface area contributed by atoms with Crippen LogP contribution in [0, 0.1) is 0 Å². The van der Waals surface area contributed by atoms with Gasteiger partial charge in [-0.3, -0.25) is 0 Å². The van der Waals surface area contributed by atoms with Crippen LogP contribution in [0.3, 0.4) is 0 Å². The summed E-state index contributed by atoms with van der Waals surface area (Å²) in [5, 5.41) is 1.48. The maximum Gasteiger partial charge on any atom is 0.195 e. The zero-order valence-corrected chi connectivity index (χ0v) is 12.6. The topological polar surface area (TPSA) is 80.5 Å². The van der Waals surface area contributed by atoms with E-state index in [1.165, 1.54) is 11.8 Å². The minimum absolute atomic E-state index is 0.169. The molecule has 0 fully saturated rings. The molecule has 3 N–H and O–H groups in total. The van der Waals surface area contributed by atoms with Crippen LogP contribution in [-0.2, 0) is 6.42 Å². The summed E-state index contributed by atoms with van der Waals surface area (Å²) in [7, 11) is 0. The van der Waals surface area contributed by atoms with Crippen LogP contribution >= 0.6 is 11.8 Å². The highest BCUT2D eigenvalue weighted by atomic mass is 32.2. The van der Waals surface area contributed by atoms with Crippen LogP contribution in [0.25, 0.3) is 11.0 Å². The van der Waals surface area contributed by atoms with Crippen molar-refractivity contribution in [2.24, 2.45) is 5.73 Å². The fraction of sp³-hybridized carbons (Fsp3) is 0.267.